The van der Waals surface area contributed by atoms with E-state index >= 15 is 0 Å². The average molecular weight is 306 g/mol. The molecule has 0 heterocycles. The van der Waals surface area contributed by atoms with Crippen LogP contribution >= 0.6 is 0 Å². The highest BCUT2D eigenvalue weighted by Crippen LogP contribution is 2.23. The van der Waals surface area contributed by atoms with Crippen LogP contribution in [-0.2, 0) is 0 Å². The lowest BCUT2D eigenvalue weighted by atomic mass is 9.94. The van der Waals surface area contributed by atoms with Crippen molar-refractivity contribution in [1.82, 2.24) is 0 Å². The second-order valence-corrected chi connectivity index (χ2v) is 6.58. The van der Waals surface area contributed by atoms with Crippen molar-refractivity contribution in [3.8, 4) is 0 Å². The molecule has 0 saturated heterocycles. The summed E-state index contributed by atoms with van der Waals surface area (Å²) < 4.78 is 0. The van der Waals surface area contributed by atoms with Gasteiger partial charge in [-0.25, -0.2) is 0 Å². The molecule has 1 fully saturated rings. The first-order chi connectivity index (χ1) is 11.2. The van der Waals surface area contributed by atoms with Gasteiger partial charge in [-0.05, 0) is 25.0 Å². The SMILES string of the molecule is CN(C)c1ccc(C(=NC2CCCCC2)c2ccccc2)cc1. The lowest BCUT2D eigenvalue weighted by Crippen LogP contribution is -2.15. The molecule has 0 spiro atoms. The van der Waals surface area contributed by atoms with Crippen molar-refractivity contribution in [3.05, 3.63) is 65.7 Å². The third-order valence-corrected chi connectivity index (χ3v) is 4.59. The van der Waals surface area contributed by atoms with Gasteiger partial charge in [0.2, 0.25) is 0 Å². The summed E-state index contributed by atoms with van der Waals surface area (Å²) in [4.78, 5) is 7.28. The van der Waals surface area contributed by atoms with Crippen molar-refractivity contribution in [2.24, 2.45) is 4.99 Å². The van der Waals surface area contributed by atoms with E-state index in [4.69, 9.17) is 4.99 Å². The van der Waals surface area contributed by atoms with Gasteiger partial charge in [0.05, 0.1) is 11.8 Å². The molecule has 0 aliphatic heterocycles. The van der Waals surface area contributed by atoms with Crippen molar-refractivity contribution < 1.29 is 0 Å². The second-order valence-electron chi connectivity index (χ2n) is 6.58. The van der Waals surface area contributed by atoms with Gasteiger partial charge in [0.25, 0.3) is 0 Å². The topological polar surface area (TPSA) is 15.6 Å². The molecule has 0 N–H and O–H groups in total. The Labute approximate surface area is 139 Å². The minimum Gasteiger partial charge on any atom is -0.378 e. The predicted octanol–water partition coefficient (Wildman–Crippen LogP) is 4.92. The summed E-state index contributed by atoms with van der Waals surface area (Å²) >= 11 is 0. The van der Waals surface area contributed by atoms with Crippen molar-refractivity contribution >= 4 is 11.4 Å². The van der Waals surface area contributed by atoms with E-state index in [2.05, 4.69) is 73.6 Å². The summed E-state index contributed by atoms with van der Waals surface area (Å²) in [5.74, 6) is 0. The smallest absolute Gasteiger partial charge is 0.0722 e. The molecule has 0 aromatic heterocycles. The van der Waals surface area contributed by atoms with Gasteiger partial charge in [0, 0.05) is 30.9 Å². The van der Waals surface area contributed by atoms with Crippen molar-refractivity contribution in [2.45, 2.75) is 38.1 Å². The fraction of sp³-hybridized carbons (Fsp3) is 0.381. The molecule has 0 atom stereocenters. The summed E-state index contributed by atoms with van der Waals surface area (Å²) in [5.41, 5.74) is 4.80. The largest absolute Gasteiger partial charge is 0.378 e. The first-order valence-corrected chi connectivity index (χ1v) is 8.65. The number of benzene rings is 2. The number of anilines is 1. The highest BCUT2D eigenvalue weighted by molar-refractivity contribution is 6.13. The van der Waals surface area contributed by atoms with Gasteiger partial charge in [0.15, 0.2) is 0 Å². The molecule has 120 valence electrons. The van der Waals surface area contributed by atoms with Gasteiger partial charge < -0.3 is 4.90 Å². The molecule has 0 bridgehead atoms. The number of nitrogens with zero attached hydrogens (tertiary/aromatic N) is 2. The number of aliphatic imine (C=N–C) groups is 1. The molecule has 2 aromatic rings. The van der Waals surface area contributed by atoms with Crippen LogP contribution < -0.4 is 4.90 Å². The Morgan fingerprint density at radius 2 is 1.43 bits per heavy atom. The normalized spacial score (nSPS) is 16.3. The molecular weight excluding hydrogens is 280 g/mol. The van der Waals surface area contributed by atoms with Gasteiger partial charge in [-0.3, -0.25) is 4.99 Å². The van der Waals surface area contributed by atoms with E-state index in [1.807, 2.05) is 0 Å². The van der Waals surface area contributed by atoms with Gasteiger partial charge in [-0.2, -0.15) is 0 Å². The van der Waals surface area contributed by atoms with Gasteiger partial charge in [0.1, 0.15) is 0 Å². The Morgan fingerprint density at radius 3 is 2.04 bits per heavy atom. The predicted molar refractivity (Wildman–Crippen MR) is 99.7 cm³/mol. The van der Waals surface area contributed by atoms with Crippen LogP contribution in [0.15, 0.2) is 59.6 Å². The van der Waals surface area contributed by atoms with Crippen LogP contribution in [0, 0.1) is 0 Å². The Bertz CT molecular complexity index is 635. The molecule has 0 unspecified atom stereocenters. The highest BCUT2D eigenvalue weighted by atomic mass is 15.1. The molecule has 2 heteroatoms. The van der Waals surface area contributed by atoms with E-state index in [0.29, 0.717) is 6.04 Å². The van der Waals surface area contributed by atoms with Gasteiger partial charge in [-0.15, -0.1) is 0 Å². The molecule has 1 aliphatic rings. The first-order valence-electron chi connectivity index (χ1n) is 8.65. The lowest BCUT2D eigenvalue weighted by molar-refractivity contribution is 0.443. The zero-order chi connectivity index (χ0) is 16.1. The molecule has 0 radical (unpaired) electrons. The molecule has 3 rings (SSSR count). The van der Waals surface area contributed by atoms with Crippen LogP contribution in [0.2, 0.25) is 0 Å². The second kappa shape index (κ2) is 7.45. The molecule has 2 nitrogen and oxygen atoms in total. The Balaban J connectivity index is 1.96. The summed E-state index contributed by atoms with van der Waals surface area (Å²) in [7, 11) is 4.15. The monoisotopic (exact) mass is 306 g/mol. The quantitative estimate of drug-likeness (QED) is 0.732. The summed E-state index contributed by atoms with van der Waals surface area (Å²) in [6.07, 6.45) is 6.45. The van der Waals surface area contributed by atoms with Crippen LogP contribution in [0.1, 0.15) is 43.2 Å². The lowest BCUT2D eigenvalue weighted by Gasteiger charge is -2.20. The fourth-order valence-corrected chi connectivity index (χ4v) is 3.22. The molecule has 1 aliphatic carbocycles. The maximum atomic E-state index is 5.15. The average Bonchev–Trinajstić information content (AvgIpc) is 2.61. The van der Waals surface area contributed by atoms with Crippen molar-refractivity contribution in [2.75, 3.05) is 19.0 Å². The van der Waals surface area contributed by atoms with E-state index < -0.39 is 0 Å². The third-order valence-electron chi connectivity index (χ3n) is 4.59. The van der Waals surface area contributed by atoms with Crippen molar-refractivity contribution in [1.29, 1.82) is 0 Å². The maximum Gasteiger partial charge on any atom is 0.0722 e. The fourth-order valence-electron chi connectivity index (χ4n) is 3.22. The van der Waals surface area contributed by atoms with Crippen LogP contribution in [0.25, 0.3) is 0 Å². The third kappa shape index (κ3) is 4.01. The standard InChI is InChI=1S/C21H26N2/c1-23(2)20-15-13-18(14-16-20)21(17-9-5-3-6-10-17)22-19-11-7-4-8-12-19/h3,5-6,9-10,13-16,19H,4,7-8,11-12H2,1-2H3. The van der Waals surface area contributed by atoms with Crippen LogP contribution in [0.3, 0.4) is 0 Å². The number of rotatable bonds is 4. The van der Waals surface area contributed by atoms with E-state index in [1.54, 1.807) is 0 Å². The highest BCUT2D eigenvalue weighted by Gasteiger charge is 2.15. The summed E-state index contributed by atoms with van der Waals surface area (Å²) in [6, 6.07) is 19.8. The maximum absolute atomic E-state index is 5.15. The Kier molecular flexibility index (Phi) is 5.12. The van der Waals surface area contributed by atoms with Crippen LogP contribution in [0.5, 0.6) is 0 Å². The van der Waals surface area contributed by atoms with E-state index in [1.165, 1.54) is 48.9 Å². The molecule has 23 heavy (non-hydrogen) atoms. The zero-order valence-electron chi connectivity index (χ0n) is 14.2. The zero-order valence-corrected chi connectivity index (χ0v) is 14.2. The molecule has 2 aromatic carbocycles. The van der Waals surface area contributed by atoms with E-state index in [9.17, 15) is 0 Å². The van der Waals surface area contributed by atoms with E-state index in [-0.39, 0.29) is 0 Å². The Hall–Kier alpha value is -2.09. The number of hydrogen-bond acceptors (Lipinski definition) is 2. The molecule has 1 saturated carbocycles. The van der Waals surface area contributed by atoms with Crippen LogP contribution in [-0.4, -0.2) is 25.8 Å². The minimum absolute atomic E-state index is 0.479. The number of hydrogen-bond donors (Lipinski definition) is 0. The Morgan fingerprint density at radius 1 is 0.826 bits per heavy atom. The summed E-state index contributed by atoms with van der Waals surface area (Å²) in [5, 5.41) is 0. The minimum atomic E-state index is 0.479. The van der Waals surface area contributed by atoms with Crippen LogP contribution in [0.4, 0.5) is 5.69 Å². The van der Waals surface area contributed by atoms with Gasteiger partial charge >= 0.3 is 0 Å². The van der Waals surface area contributed by atoms with Gasteiger partial charge in [-0.1, -0.05) is 61.7 Å². The molecular formula is C21H26N2. The van der Waals surface area contributed by atoms with E-state index in [0.717, 1.165) is 5.71 Å². The summed E-state index contributed by atoms with van der Waals surface area (Å²) in [6.45, 7) is 0. The van der Waals surface area contributed by atoms with Crippen molar-refractivity contribution in [3.63, 3.8) is 0 Å². The first kappa shape index (κ1) is 15.8. The molecule has 0 amide bonds.